The first-order valence-corrected chi connectivity index (χ1v) is 5.48. The smallest absolute Gasteiger partial charge is 0.228 e. The van der Waals surface area contributed by atoms with Crippen molar-refractivity contribution in [2.75, 3.05) is 11.1 Å². The van der Waals surface area contributed by atoms with Crippen molar-refractivity contribution in [2.24, 2.45) is 0 Å². The van der Waals surface area contributed by atoms with Crippen LogP contribution in [0, 0.1) is 0 Å². The summed E-state index contributed by atoms with van der Waals surface area (Å²) in [6.45, 7) is 5.49. The molecule has 1 heterocycles. The third-order valence-electron chi connectivity index (χ3n) is 2.34. The summed E-state index contributed by atoms with van der Waals surface area (Å²) in [6.07, 6.45) is 0.651. The van der Waals surface area contributed by atoms with Crippen LogP contribution in [0.4, 0.5) is 16.3 Å². The fourth-order valence-corrected chi connectivity index (χ4v) is 1.33. The third-order valence-corrected chi connectivity index (χ3v) is 2.34. The van der Waals surface area contributed by atoms with Crippen LogP contribution in [-0.4, -0.2) is 21.0 Å². The molecule has 1 aromatic heterocycles. The van der Waals surface area contributed by atoms with Gasteiger partial charge in [0, 0.05) is 6.04 Å². The molecule has 0 fully saturated rings. The molecule has 0 saturated carbocycles. The normalized spacial score (nSPS) is 12.8. The molecule has 90 valence electrons. The Morgan fingerprint density at radius 2 is 1.88 bits per heavy atom. The van der Waals surface area contributed by atoms with E-state index in [0.29, 0.717) is 5.95 Å². The zero-order valence-corrected chi connectivity index (χ0v) is 9.87. The fraction of sp³-hybridized carbons (Fsp3) is 0.700. The Bertz CT molecular complexity index is 338. The van der Waals surface area contributed by atoms with Crippen LogP contribution in [0.15, 0.2) is 0 Å². The van der Waals surface area contributed by atoms with E-state index in [1.165, 1.54) is 6.92 Å². The van der Waals surface area contributed by atoms with E-state index in [2.05, 4.69) is 34.1 Å². The van der Waals surface area contributed by atoms with Crippen molar-refractivity contribution >= 4 is 11.9 Å². The second kappa shape index (κ2) is 5.58. The van der Waals surface area contributed by atoms with Crippen molar-refractivity contribution < 1.29 is 4.39 Å². The van der Waals surface area contributed by atoms with E-state index in [1.807, 2.05) is 0 Å². The predicted octanol–water partition coefficient (Wildman–Crippen LogP) is 2.08. The average Bonchev–Trinajstić information content (AvgIpc) is 2.25. The topological polar surface area (TPSA) is 76.7 Å². The first kappa shape index (κ1) is 12.6. The number of nitrogens with zero attached hydrogens (tertiary/aromatic N) is 3. The summed E-state index contributed by atoms with van der Waals surface area (Å²) in [5.74, 6) is 0.463. The van der Waals surface area contributed by atoms with E-state index in [-0.39, 0.29) is 17.8 Å². The van der Waals surface area contributed by atoms with Gasteiger partial charge < -0.3 is 11.1 Å². The van der Waals surface area contributed by atoms with Crippen molar-refractivity contribution in [2.45, 2.75) is 45.8 Å². The maximum atomic E-state index is 13.1. The molecular formula is C10H18FN5. The number of aromatic nitrogens is 3. The van der Waals surface area contributed by atoms with Crippen LogP contribution in [0.1, 0.15) is 45.6 Å². The molecule has 0 spiro atoms. The number of rotatable bonds is 5. The number of nitrogen functional groups attached to an aromatic ring is 1. The Balaban J connectivity index is 2.87. The monoisotopic (exact) mass is 227 g/mol. The van der Waals surface area contributed by atoms with Crippen LogP contribution in [0.2, 0.25) is 0 Å². The molecule has 1 rings (SSSR count). The molecule has 0 amide bonds. The second-order valence-corrected chi connectivity index (χ2v) is 3.65. The summed E-state index contributed by atoms with van der Waals surface area (Å²) in [7, 11) is 0. The minimum absolute atomic E-state index is 0.0444. The number of anilines is 2. The molecule has 0 aromatic carbocycles. The van der Waals surface area contributed by atoms with Crippen molar-refractivity contribution in [3.05, 3.63) is 5.82 Å². The van der Waals surface area contributed by atoms with E-state index < -0.39 is 6.17 Å². The zero-order chi connectivity index (χ0) is 12.1. The van der Waals surface area contributed by atoms with Gasteiger partial charge in [-0.1, -0.05) is 13.8 Å². The molecule has 0 radical (unpaired) electrons. The molecule has 1 aromatic rings. The Hall–Kier alpha value is -1.46. The Morgan fingerprint density at radius 1 is 1.25 bits per heavy atom. The highest BCUT2D eigenvalue weighted by atomic mass is 19.1. The number of alkyl halides is 1. The highest BCUT2D eigenvalue weighted by Gasteiger charge is 2.12. The summed E-state index contributed by atoms with van der Waals surface area (Å²) >= 11 is 0. The van der Waals surface area contributed by atoms with Gasteiger partial charge in [0.15, 0.2) is 12.0 Å². The predicted molar refractivity (Wildman–Crippen MR) is 61.8 cm³/mol. The van der Waals surface area contributed by atoms with Crippen molar-refractivity contribution in [3.8, 4) is 0 Å². The lowest BCUT2D eigenvalue weighted by Gasteiger charge is -2.15. The number of nitrogens with two attached hydrogens (primary N) is 1. The van der Waals surface area contributed by atoms with Gasteiger partial charge in [-0.3, -0.25) is 0 Å². The summed E-state index contributed by atoms with van der Waals surface area (Å²) in [5, 5.41) is 3.11. The molecule has 1 unspecified atom stereocenters. The van der Waals surface area contributed by atoms with Crippen LogP contribution in [0.5, 0.6) is 0 Å². The van der Waals surface area contributed by atoms with E-state index in [9.17, 15) is 4.39 Å². The van der Waals surface area contributed by atoms with Gasteiger partial charge in [-0.15, -0.1) is 0 Å². The lowest BCUT2D eigenvalue weighted by molar-refractivity contribution is 0.356. The second-order valence-electron chi connectivity index (χ2n) is 3.65. The van der Waals surface area contributed by atoms with Gasteiger partial charge in [0.1, 0.15) is 0 Å². The van der Waals surface area contributed by atoms with Crippen LogP contribution in [0.25, 0.3) is 0 Å². The van der Waals surface area contributed by atoms with Crippen LogP contribution >= 0.6 is 0 Å². The van der Waals surface area contributed by atoms with Crippen LogP contribution in [0.3, 0.4) is 0 Å². The lowest BCUT2D eigenvalue weighted by atomic mass is 10.2. The van der Waals surface area contributed by atoms with Crippen molar-refractivity contribution in [1.82, 2.24) is 15.0 Å². The molecule has 0 aliphatic rings. The van der Waals surface area contributed by atoms with Gasteiger partial charge in [-0.25, -0.2) is 4.39 Å². The summed E-state index contributed by atoms with van der Waals surface area (Å²) in [6, 6.07) is 0.268. The highest BCUT2D eigenvalue weighted by molar-refractivity contribution is 5.32. The van der Waals surface area contributed by atoms with E-state index in [0.717, 1.165) is 12.8 Å². The minimum atomic E-state index is -1.24. The maximum absolute atomic E-state index is 13.1. The van der Waals surface area contributed by atoms with E-state index >= 15 is 0 Å². The molecule has 6 heteroatoms. The van der Waals surface area contributed by atoms with Crippen molar-refractivity contribution in [1.29, 1.82) is 0 Å². The summed E-state index contributed by atoms with van der Waals surface area (Å²) < 4.78 is 13.1. The Morgan fingerprint density at radius 3 is 2.38 bits per heavy atom. The molecule has 16 heavy (non-hydrogen) atoms. The van der Waals surface area contributed by atoms with Gasteiger partial charge in [0.05, 0.1) is 0 Å². The van der Waals surface area contributed by atoms with Crippen LogP contribution in [-0.2, 0) is 0 Å². The van der Waals surface area contributed by atoms with Gasteiger partial charge in [-0.2, -0.15) is 15.0 Å². The standard InChI is InChI=1S/C10H18FN5/c1-4-7(5-2)13-10-15-8(6(3)11)14-9(12)16-10/h6-7H,4-5H2,1-3H3,(H3,12,13,14,15,16). The van der Waals surface area contributed by atoms with Gasteiger partial charge in [0.25, 0.3) is 0 Å². The van der Waals surface area contributed by atoms with Gasteiger partial charge >= 0.3 is 0 Å². The minimum Gasteiger partial charge on any atom is -0.368 e. The zero-order valence-electron chi connectivity index (χ0n) is 9.87. The average molecular weight is 227 g/mol. The van der Waals surface area contributed by atoms with E-state index in [1.54, 1.807) is 0 Å². The van der Waals surface area contributed by atoms with Gasteiger partial charge in [-0.05, 0) is 19.8 Å². The molecule has 0 saturated heterocycles. The quantitative estimate of drug-likeness (QED) is 0.805. The number of nitrogens with one attached hydrogen (secondary N) is 1. The number of halogens is 1. The first-order valence-electron chi connectivity index (χ1n) is 5.48. The van der Waals surface area contributed by atoms with E-state index in [4.69, 9.17) is 5.73 Å². The Kier molecular flexibility index (Phi) is 4.39. The SMILES string of the molecule is CCC(CC)Nc1nc(N)nc(C(C)F)n1. The molecule has 1 atom stereocenters. The Labute approximate surface area is 94.7 Å². The molecule has 3 N–H and O–H groups in total. The largest absolute Gasteiger partial charge is 0.368 e. The molecule has 0 aliphatic heterocycles. The third kappa shape index (κ3) is 3.29. The fourth-order valence-electron chi connectivity index (χ4n) is 1.33. The molecule has 5 nitrogen and oxygen atoms in total. The molecular weight excluding hydrogens is 209 g/mol. The highest BCUT2D eigenvalue weighted by Crippen LogP contribution is 2.15. The number of hydrogen-bond donors (Lipinski definition) is 2. The molecule has 0 bridgehead atoms. The molecule has 0 aliphatic carbocycles. The maximum Gasteiger partial charge on any atom is 0.228 e. The van der Waals surface area contributed by atoms with Crippen LogP contribution < -0.4 is 11.1 Å². The summed E-state index contributed by atoms with van der Waals surface area (Å²) in [5.41, 5.74) is 5.49. The van der Waals surface area contributed by atoms with Crippen molar-refractivity contribution in [3.63, 3.8) is 0 Å². The van der Waals surface area contributed by atoms with Gasteiger partial charge in [0.2, 0.25) is 11.9 Å². The number of hydrogen-bond acceptors (Lipinski definition) is 5. The summed E-state index contributed by atoms with van der Waals surface area (Å²) in [4.78, 5) is 11.6. The lowest BCUT2D eigenvalue weighted by Crippen LogP contribution is -2.20. The first-order chi connectivity index (χ1) is 7.56.